The van der Waals surface area contributed by atoms with E-state index in [1.54, 1.807) is 26.0 Å². The van der Waals surface area contributed by atoms with E-state index in [0.29, 0.717) is 12.0 Å². The molecule has 0 saturated heterocycles. The van der Waals surface area contributed by atoms with Crippen LogP contribution in [0.4, 0.5) is 0 Å². The molecule has 0 aliphatic heterocycles. The zero-order valence-electron chi connectivity index (χ0n) is 11.2. The van der Waals surface area contributed by atoms with Crippen LogP contribution < -0.4 is 0 Å². The summed E-state index contributed by atoms with van der Waals surface area (Å²) in [5.41, 5.74) is 0.292. The highest BCUT2D eigenvalue weighted by molar-refractivity contribution is 9.10. The predicted octanol–water partition coefficient (Wildman–Crippen LogP) is 3.18. The van der Waals surface area contributed by atoms with Gasteiger partial charge in [0.05, 0.1) is 4.83 Å². The maximum Gasteiger partial charge on any atom is 0.306 e. The summed E-state index contributed by atoms with van der Waals surface area (Å²) in [6, 6.07) is 0. The molecule has 2 unspecified atom stereocenters. The molecule has 0 aromatic heterocycles. The smallest absolute Gasteiger partial charge is 0.306 e. The Morgan fingerprint density at radius 3 is 2.56 bits per heavy atom. The molecule has 0 saturated carbocycles. The van der Waals surface area contributed by atoms with Gasteiger partial charge in [0.25, 0.3) is 0 Å². The molecule has 18 heavy (non-hydrogen) atoms. The van der Waals surface area contributed by atoms with Gasteiger partial charge in [-0.1, -0.05) is 48.9 Å². The Morgan fingerprint density at radius 1 is 1.50 bits per heavy atom. The first-order valence-electron chi connectivity index (χ1n) is 6.06. The average Bonchev–Trinajstić information content (AvgIpc) is 2.29. The highest BCUT2D eigenvalue weighted by atomic mass is 79.9. The van der Waals surface area contributed by atoms with Crippen molar-refractivity contribution in [1.29, 1.82) is 0 Å². The lowest BCUT2D eigenvalue weighted by molar-refractivity contribution is -0.150. The van der Waals surface area contributed by atoms with Gasteiger partial charge in [-0.25, -0.2) is 0 Å². The van der Waals surface area contributed by atoms with Crippen LogP contribution in [0.5, 0.6) is 0 Å². The van der Waals surface area contributed by atoms with Crippen molar-refractivity contribution in [3.63, 3.8) is 0 Å². The Morgan fingerprint density at radius 2 is 2.11 bits per heavy atom. The summed E-state index contributed by atoms with van der Waals surface area (Å²) in [5.74, 6) is -0.186. The summed E-state index contributed by atoms with van der Waals surface area (Å²) in [6.45, 7) is 7.47. The van der Waals surface area contributed by atoms with E-state index in [4.69, 9.17) is 4.74 Å². The number of carbonyl (C=O) groups is 2. The van der Waals surface area contributed by atoms with Gasteiger partial charge in [-0.3, -0.25) is 9.59 Å². The molecule has 0 fully saturated rings. The highest BCUT2D eigenvalue weighted by Gasteiger charge is 2.33. The Hall–Kier alpha value is -0.900. The van der Waals surface area contributed by atoms with Gasteiger partial charge in [0, 0.05) is 17.4 Å². The molecule has 0 radical (unpaired) electrons. The van der Waals surface area contributed by atoms with E-state index < -0.39 is 0 Å². The van der Waals surface area contributed by atoms with Crippen LogP contribution in [0.3, 0.4) is 0 Å². The van der Waals surface area contributed by atoms with Crippen molar-refractivity contribution in [3.8, 4) is 0 Å². The maximum atomic E-state index is 11.9. The van der Waals surface area contributed by atoms with Crippen LogP contribution in [0.2, 0.25) is 0 Å². The van der Waals surface area contributed by atoms with E-state index in [0.717, 1.165) is 0 Å². The average molecular weight is 315 g/mol. The number of ether oxygens (including phenoxy) is 1. The molecule has 0 N–H and O–H groups in total. The van der Waals surface area contributed by atoms with Crippen LogP contribution in [0.15, 0.2) is 23.8 Å². The number of ketones is 1. The minimum Gasteiger partial charge on any atom is -0.457 e. The molecule has 3 nitrogen and oxygen atoms in total. The third kappa shape index (κ3) is 3.55. The number of Topliss-reactive ketones (excluding diaryl/α,β-unsaturated/α-hetero) is 1. The number of allylic oxidation sites excluding steroid dienone is 2. The molecule has 0 spiro atoms. The van der Waals surface area contributed by atoms with Gasteiger partial charge in [-0.2, -0.15) is 0 Å². The fraction of sp³-hybridized carbons (Fsp3) is 0.571. The molecule has 0 aromatic carbocycles. The number of carbonyl (C=O) groups excluding carboxylic acids is 2. The highest BCUT2D eigenvalue weighted by Crippen LogP contribution is 2.33. The summed E-state index contributed by atoms with van der Waals surface area (Å²) in [5, 5.41) is 0. The molecule has 100 valence electrons. The first-order chi connectivity index (χ1) is 8.27. The third-order valence-electron chi connectivity index (χ3n) is 2.90. The number of alkyl halides is 1. The fourth-order valence-electron chi connectivity index (χ4n) is 1.77. The number of hydrogen-bond acceptors (Lipinski definition) is 3. The minimum absolute atomic E-state index is 0.0413. The van der Waals surface area contributed by atoms with Crippen molar-refractivity contribution in [1.82, 2.24) is 0 Å². The van der Waals surface area contributed by atoms with E-state index in [1.165, 1.54) is 0 Å². The summed E-state index contributed by atoms with van der Waals surface area (Å²) in [4.78, 5) is 23.0. The van der Waals surface area contributed by atoms with E-state index >= 15 is 0 Å². The van der Waals surface area contributed by atoms with Crippen LogP contribution in [0.25, 0.3) is 0 Å². The third-order valence-corrected chi connectivity index (χ3v) is 3.32. The molecule has 0 aromatic rings. The van der Waals surface area contributed by atoms with Crippen molar-refractivity contribution in [2.45, 2.75) is 45.0 Å². The quantitative estimate of drug-likeness (QED) is 0.591. The number of halogens is 1. The lowest BCUT2D eigenvalue weighted by Gasteiger charge is -2.32. The second kappa shape index (κ2) is 5.83. The van der Waals surface area contributed by atoms with Gasteiger partial charge in [0.15, 0.2) is 5.78 Å². The Labute approximate surface area is 116 Å². The SMILES string of the molecule is CCC(=O)OC1C=CC(C(=O)C(C)Br)=CC1(C)C. The van der Waals surface area contributed by atoms with Crippen molar-refractivity contribution in [3.05, 3.63) is 23.8 Å². The second-order valence-corrected chi connectivity index (χ2v) is 6.40. The lowest BCUT2D eigenvalue weighted by atomic mass is 9.79. The van der Waals surface area contributed by atoms with E-state index in [-0.39, 0.29) is 28.1 Å². The largest absolute Gasteiger partial charge is 0.457 e. The summed E-state index contributed by atoms with van der Waals surface area (Å²) in [7, 11) is 0. The first-order valence-corrected chi connectivity index (χ1v) is 6.98. The van der Waals surface area contributed by atoms with Crippen LogP contribution in [-0.4, -0.2) is 22.7 Å². The van der Waals surface area contributed by atoms with Crippen molar-refractivity contribution >= 4 is 27.7 Å². The van der Waals surface area contributed by atoms with Gasteiger partial charge in [0.1, 0.15) is 6.10 Å². The van der Waals surface area contributed by atoms with Gasteiger partial charge in [0.2, 0.25) is 0 Å². The standard InChI is InChI=1S/C14H19BrO3/c1-5-12(16)18-11-7-6-10(8-14(11,3)4)13(17)9(2)15/h6-9,11H,5H2,1-4H3. The summed E-state index contributed by atoms with van der Waals surface area (Å²) >= 11 is 3.27. The summed E-state index contributed by atoms with van der Waals surface area (Å²) < 4.78 is 5.35. The zero-order chi connectivity index (χ0) is 13.9. The van der Waals surface area contributed by atoms with Crippen molar-refractivity contribution in [2.24, 2.45) is 5.41 Å². The van der Waals surface area contributed by atoms with Crippen molar-refractivity contribution in [2.75, 3.05) is 0 Å². The fourth-order valence-corrected chi connectivity index (χ4v) is 2.03. The zero-order valence-corrected chi connectivity index (χ0v) is 12.8. The molecule has 0 heterocycles. The predicted molar refractivity (Wildman–Crippen MR) is 74.6 cm³/mol. The molecule has 4 heteroatoms. The normalized spacial score (nSPS) is 23.2. The van der Waals surface area contributed by atoms with Gasteiger partial charge in [-0.05, 0) is 13.0 Å². The Kier molecular flexibility index (Phi) is 4.91. The van der Waals surface area contributed by atoms with Crippen LogP contribution in [0, 0.1) is 5.41 Å². The van der Waals surface area contributed by atoms with E-state index in [1.807, 2.05) is 19.9 Å². The molecule has 1 aliphatic rings. The monoisotopic (exact) mass is 314 g/mol. The molecule has 1 aliphatic carbocycles. The minimum atomic E-state index is -0.369. The Bertz CT molecular complexity index is 405. The molecular formula is C14H19BrO3. The molecular weight excluding hydrogens is 296 g/mol. The lowest BCUT2D eigenvalue weighted by Crippen LogP contribution is -2.34. The van der Waals surface area contributed by atoms with Gasteiger partial charge < -0.3 is 4.74 Å². The number of rotatable bonds is 4. The van der Waals surface area contributed by atoms with Crippen molar-refractivity contribution < 1.29 is 14.3 Å². The summed E-state index contributed by atoms with van der Waals surface area (Å²) in [6.07, 6.45) is 5.44. The van der Waals surface area contributed by atoms with Crippen LogP contribution >= 0.6 is 15.9 Å². The number of hydrogen-bond donors (Lipinski definition) is 0. The number of esters is 1. The molecule has 0 amide bonds. The van der Waals surface area contributed by atoms with Gasteiger partial charge in [-0.15, -0.1) is 0 Å². The van der Waals surface area contributed by atoms with Gasteiger partial charge >= 0.3 is 5.97 Å². The van der Waals surface area contributed by atoms with E-state index in [9.17, 15) is 9.59 Å². The van der Waals surface area contributed by atoms with Crippen LogP contribution in [0.1, 0.15) is 34.1 Å². The second-order valence-electron chi connectivity index (χ2n) is 5.02. The van der Waals surface area contributed by atoms with E-state index in [2.05, 4.69) is 15.9 Å². The molecule has 1 rings (SSSR count). The molecule has 2 atom stereocenters. The Balaban J connectivity index is 2.87. The van der Waals surface area contributed by atoms with Crippen LogP contribution in [-0.2, 0) is 14.3 Å². The first kappa shape index (κ1) is 15.2. The molecule has 0 bridgehead atoms. The topological polar surface area (TPSA) is 43.4 Å². The maximum absolute atomic E-state index is 11.9.